The third kappa shape index (κ3) is 2.79. The molecule has 2 heterocycles. The molecule has 98 valence electrons. The van der Waals surface area contributed by atoms with Gasteiger partial charge >= 0.3 is 0 Å². The molecule has 1 aliphatic rings. The highest BCUT2D eigenvalue weighted by Crippen LogP contribution is 2.21. The van der Waals surface area contributed by atoms with Crippen LogP contribution in [0.1, 0.15) is 30.1 Å². The molecule has 0 aliphatic carbocycles. The van der Waals surface area contributed by atoms with E-state index in [1.165, 1.54) is 18.5 Å². The molecular weight excluding hydrogens is 230 g/mol. The standard InChI is InChI=1S/C13H19N3O2/c1-9(14)10-2-4-16(5-3-10)13(18)11-6-12(17)8-15-7-11/h6-10,17H,2-5,14H2,1H3. The summed E-state index contributed by atoms with van der Waals surface area (Å²) >= 11 is 0. The maximum Gasteiger partial charge on any atom is 0.255 e. The van der Waals surface area contributed by atoms with Gasteiger partial charge in [-0.25, -0.2) is 0 Å². The lowest BCUT2D eigenvalue weighted by molar-refractivity contribution is 0.0680. The van der Waals surface area contributed by atoms with Crippen molar-refractivity contribution in [2.45, 2.75) is 25.8 Å². The number of rotatable bonds is 2. The van der Waals surface area contributed by atoms with Crippen molar-refractivity contribution < 1.29 is 9.90 Å². The minimum Gasteiger partial charge on any atom is -0.506 e. The molecule has 1 aliphatic heterocycles. The fourth-order valence-electron chi connectivity index (χ4n) is 2.36. The number of likely N-dealkylation sites (tertiary alicyclic amines) is 1. The first-order valence-electron chi connectivity index (χ1n) is 6.27. The van der Waals surface area contributed by atoms with Crippen molar-refractivity contribution in [3.8, 4) is 5.75 Å². The second kappa shape index (κ2) is 5.35. The van der Waals surface area contributed by atoms with E-state index in [9.17, 15) is 9.90 Å². The Morgan fingerprint density at radius 3 is 2.72 bits per heavy atom. The molecule has 1 amide bonds. The predicted molar refractivity (Wildman–Crippen MR) is 68.2 cm³/mol. The van der Waals surface area contributed by atoms with Crippen molar-refractivity contribution in [1.29, 1.82) is 0 Å². The van der Waals surface area contributed by atoms with Crippen LogP contribution in [0.4, 0.5) is 0 Å². The molecule has 1 aromatic heterocycles. The van der Waals surface area contributed by atoms with E-state index in [4.69, 9.17) is 5.73 Å². The summed E-state index contributed by atoms with van der Waals surface area (Å²) in [5.41, 5.74) is 6.31. The number of nitrogens with two attached hydrogens (primary N) is 1. The van der Waals surface area contributed by atoms with Gasteiger partial charge in [-0.2, -0.15) is 0 Å². The lowest BCUT2D eigenvalue weighted by atomic mass is 9.91. The smallest absolute Gasteiger partial charge is 0.255 e. The van der Waals surface area contributed by atoms with Crippen LogP contribution in [0.5, 0.6) is 5.75 Å². The molecule has 1 fully saturated rings. The fourth-order valence-corrected chi connectivity index (χ4v) is 2.36. The van der Waals surface area contributed by atoms with E-state index in [2.05, 4.69) is 4.98 Å². The van der Waals surface area contributed by atoms with Crippen LogP contribution in [0.15, 0.2) is 18.5 Å². The van der Waals surface area contributed by atoms with Crippen LogP contribution in [-0.4, -0.2) is 40.0 Å². The monoisotopic (exact) mass is 249 g/mol. The van der Waals surface area contributed by atoms with Gasteiger partial charge in [-0.15, -0.1) is 0 Å². The summed E-state index contributed by atoms with van der Waals surface area (Å²) in [7, 11) is 0. The zero-order chi connectivity index (χ0) is 13.1. The molecule has 1 saturated heterocycles. The van der Waals surface area contributed by atoms with Gasteiger partial charge in [-0.05, 0) is 31.7 Å². The number of nitrogens with zero attached hydrogens (tertiary/aromatic N) is 2. The van der Waals surface area contributed by atoms with Gasteiger partial charge in [0.15, 0.2) is 0 Å². The van der Waals surface area contributed by atoms with Crippen molar-refractivity contribution in [1.82, 2.24) is 9.88 Å². The van der Waals surface area contributed by atoms with Gasteiger partial charge in [0.25, 0.3) is 5.91 Å². The van der Waals surface area contributed by atoms with Crippen LogP contribution in [-0.2, 0) is 0 Å². The molecule has 0 spiro atoms. The molecule has 0 aromatic carbocycles. The van der Waals surface area contributed by atoms with E-state index < -0.39 is 0 Å². The molecule has 0 saturated carbocycles. The lowest BCUT2D eigenvalue weighted by Crippen LogP contribution is -2.42. The average molecular weight is 249 g/mol. The number of pyridine rings is 1. The van der Waals surface area contributed by atoms with Crippen LogP contribution in [0, 0.1) is 5.92 Å². The zero-order valence-electron chi connectivity index (χ0n) is 10.5. The Morgan fingerprint density at radius 2 is 2.17 bits per heavy atom. The largest absolute Gasteiger partial charge is 0.506 e. The van der Waals surface area contributed by atoms with Gasteiger partial charge in [0, 0.05) is 25.3 Å². The van der Waals surface area contributed by atoms with Crippen LogP contribution in [0.3, 0.4) is 0 Å². The topological polar surface area (TPSA) is 79.5 Å². The molecule has 1 aromatic rings. The van der Waals surface area contributed by atoms with Crippen LogP contribution < -0.4 is 5.73 Å². The van der Waals surface area contributed by atoms with Crippen LogP contribution in [0.2, 0.25) is 0 Å². The molecule has 2 rings (SSSR count). The third-order valence-electron chi connectivity index (χ3n) is 3.54. The first-order chi connectivity index (χ1) is 8.58. The van der Waals surface area contributed by atoms with E-state index >= 15 is 0 Å². The number of hydrogen-bond donors (Lipinski definition) is 2. The van der Waals surface area contributed by atoms with Crippen LogP contribution in [0.25, 0.3) is 0 Å². The maximum absolute atomic E-state index is 12.2. The molecule has 1 atom stereocenters. The highest BCUT2D eigenvalue weighted by Gasteiger charge is 2.25. The molecular formula is C13H19N3O2. The van der Waals surface area contributed by atoms with Gasteiger partial charge in [-0.3, -0.25) is 9.78 Å². The Kier molecular flexibility index (Phi) is 3.81. The summed E-state index contributed by atoms with van der Waals surface area (Å²) in [5.74, 6) is 0.448. The summed E-state index contributed by atoms with van der Waals surface area (Å²) in [6.45, 7) is 3.46. The quantitative estimate of drug-likeness (QED) is 0.819. The molecule has 5 heteroatoms. The number of carbonyl (C=O) groups is 1. The van der Waals surface area contributed by atoms with Gasteiger partial charge in [-0.1, -0.05) is 0 Å². The van der Waals surface area contributed by atoms with Gasteiger partial charge in [0.1, 0.15) is 5.75 Å². The number of hydrogen-bond acceptors (Lipinski definition) is 4. The van der Waals surface area contributed by atoms with E-state index in [-0.39, 0.29) is 17.7 Å². The Labute approximate surface area is 107 Å². The molecule has 3 N–H and O–H groups in total. The number of carbonyl (C=O) groups excluding carboxylic acids is 1. The molecule has 0 bridgehead atoms. The van der Waals surface area contributed by atoms with Crippen molar-refractivity contribution in [2.24, 2.45) is 11.7 Å². The van der Waals surface area contributed by atoms with Gasteiger partial charge in [0.05, 0.1) is 11.8 Å². The predicted octanol–water partition coefficient (Wildman–Crippen LogP) is 0.987. The number of piperidine rings is 1. The zero-order valence-corrected chi connectivity index (χ0v) is 10.5. The summed E-state index contributed by atoms with van der Waals surface area (Å²) in [6, 6.07) is 1.64. The maximum atomic E-state index is 12.2. The van der Waals surface area contributed by atoms with E-state index in [0.717, 1.165) is 25.9 Å². The summed E-state index contributed by atoms with van der Waals surface area (Å²) < 4.78 is 0. The SMILES string of the molecule is CC(N)C1CCN(C(=O)c2cncc(O)c2)CC1. The summed E-state index contributed by atoms with van der Waals surface area (Å²) in [4.78, 5) is 17.8. The second-order valence-corrected chi connectivity index (χ2v) is 4.92. The number of aromatic hydroxyl groups is 1. The van der Waals surface area contributed by atoms with Crippen molar-refractivity contribution in [2.75, 3.05) is 13.1 Å². The second-order valence-electron chi connectivity index (χ2n) is 4.92. The van der Waals surface area contributed by atoms with Crippen LogP contribution >= 0.6 is 0 Å². The third-order valence-corrected chi connectivity index (χ3v) is 3.54. The van der Waals surface area contributed by atoms with E-state index in [0.29, 0.717) is 11.5 Å². The first kappa shape index (κ1) is 12.8. The summed E-state index contributed by atoms with van der Waals surface area (Å²) in [5, 5.41) is 9.33. The lowest BCUT2D eigenvalue weighted by Gasteiger charge is -2.33. The van der Waals surface area contributed by atoms with Gasteiger partial charge in [0.2, 0.25) is 0 Å². The molecule has 0 radical (unpaired) electrons. The van der Waals surface area contributed by atoms with Gasteiger partial charge < -0.3 is 15.7 Å². The normalized spacial score (nSPS) is 18.7. The first-order valence-corrected chi connectivity index (χ1v) is 6.27. The van der Waals surface area contributed by atoms with Crippen molar-refractivity contribution in [3.63, 3.8) is 0 Å². The Morgan fingerprint density at radius 1 is 1.50 bits per heavy atom. The highest BCUT2D eigenvalue weighted by atomic mass is 16.3. The fraction of sp³-hybridized carbons (Fsp3) is 0.538. The Bertz CT molecular complexity index is 426. The summed E-state index contributed by atoms with van der Waals surface area (Å²) in [6.07, 6.45) is 4.68. The number of amides is 1. The van der Waals surface area contributed by atoms with E-state index in [1.54, 1.807) is 4.90 Å². The van der Waals surface area contributed by atoms with Crippen molar-refractivity contribution in [3.05, 3.63) is 24.0 Å². The molecule has 1 unspecified atom stereocenters. The Hall–Kier alpha value is -1.62. The average Bonchev–Trinajstić information content (AvgIpc) is 2.38. The van der Waals surface area contributed by atoms with Crippen molar-refractivity contribution >= 4 is 5.91 Å². The van der Waals surface area contributed by atoms with E-state index in [1.807, 2.05) is 6.92 Å². The minimum atomic E-state index is -0.0680. The molecule has 5 nitrogen and oxygen atoms in total. The minimum absolute atomic E-state index is 0.0197. The number of aromatic nitrogens is 1. The highest BCUT2D eigenvalue weighted by molar-refractivity contribution is 5.94. The Balaban J connectivity index is 1.99. The molecule has 18 heavy (non-hydrogen) atoms.